The number of amides is 1. The summed E-state index contributed by atoms with van der Waals surface area (Å²) in [6, 6.07) is 5.94. The zero-order valence-corrected chi connectivity index (χ0v) is 11.5. The molecule has 4 heteroatoms. The van der Waals surface area contributed by atoms with Crippen molar-refractivity contribution in [3.05, 3.63) is 23.8 Å². The van der Waals surface area contributed by atoms with Gasteiger partial charge in [0.2, 0.25) is 5.91 Å². The van der Waals surface area contributed by atoms with E-state index in [1.807, 2.05) is 18.2 Å². The molecule has 2 fully saturated rings. The van der Waals surface area contributed by atoms with Crippen LogP contribution in [0.3, 0.4) is 0 Å². The van der Waals surface area contributed by atoms with Crippen molar-refractivity contribution in [1.82, 2.24) is 5.32 Å². The summed E-state index contributed by atoms with van der Waals surface area (Å²) < 4.78 is 5.65. The lowest BCUT2D eigenvalue weighted by Gasteiger charge is -2.11. The van der Waals surface area contributed by atoms with Crippen LogP contribution in [0, 0.1) is 17.8 Å². The summed E-state index contributed by atoms with van der Waals surface area (Å²) in [7, 11) is 0. The highest BCUT2D eigenvalue weighted by Crippen LogP contribution is 2.57. The molecule has 0 bridgehead atoms. The maximum absolute atomic E-state index is 12.3. The van der Waals surface area contributed by atoms with Gasteiger partial charge in [-0.15, -0.1) is 0 Å². The molecule has 2 saturated carbocycles. The predicted molar refractivity (Wildman–Crippen MR) is 76.6 cm³/mol. The summed E-state index contributed by atoms with van der Waals surface area (Å²) in [5, 5.41) is 6.39. The third-order valence-corrected chi connectivity index (χ3v) is 4.89. The second-order valence-corrected chi connectivity index (χ2v) is 6.12. The van der Waals surface area contributed by atoms with Crippen LogP contribution in [-0.2, 0) is 11.3 Å². The number of nitrogens with one attached hydrogen (secondary N) is 2. The van der Waals surface area contributed by atoms with E-state index in [-0.39, 0.29) is 11.8 Å². The fourth-order valence-corrected chi connectivity index (χ4v) is 3.83. The highest BCUT2D eigenvalue weighted by Gasteiger charge is 2.56. The van der Waals surface area contributed by atoms with Crippen molar-refractivity contribution in [3.8, 4) is 5.75 Å². The number of hydrogen-bond donors (Lipinski definition) is 2. The van der Waals surface area contributed by atoms with Crippen LogP contribution >= 0.6 is 0 Å². The van der Waals surface area contributed by atoms with E-state index in [1.165, 1.54) is 19.3 Å². The van der Waals surface area contributed by atoms with Gasteiger partial charge in [0.25, 0.3) is 0 Å². The first-order valence-electron chi connectivity index (χ1n) is 7.60. The molecule has 2 N–H and O–H groups in total. The van der Waals surface area contributed by atoms with Crippen molar-refractivity contribution < 1.29 is 9.53 Å². The van der Waals surface area contributed by atoms with Gasteiger partial charge in [0.15, 0.2) is 0 Å². The molecule has 0 radical (unpaired) electrons. The van der Waals surface area contributed by atoms with Crippen molar-refractivity contribution in [2.75, 3.05) is 18.5 Å². The maximum Gasteiger partial charge on any atom is 0.228 e. The minimum absolute atomic E-state index is 0.210. The Morgan fingerprint density at radius 2 is 2.15 bits per heavy atom. The van der Waals surface area contributed by atoms with Gasteiger partial charge in [-0.1, -0.05) is 6.42 Å². The monoisotopic (exact) mass is 272 g/mol. The van der Waals surface area contributed by atoms with E-state index in [9.17, 15) is 4.79 Å². The summed E-state index contributed by atoms with van der Waals surface area (Å²) in [5.74, 6) is 2.75. The van der Waals surface area contributed by atoms with Crippen LogP contribution in [0.15, 0.2) is 18.2 Å². The summed E-state index contributed by atoms with van der Waals surface area (Å²) >= 11 is 0. The van der Waals surface area contributed by atoms with E-state index >= 15 is 0 Å². The molecular weight excluding hydrogens is 252 g/mol. The minimum atomic E-state index is 0.210. The van der Waals surface area contributed by atoms with Gasteiger partial charge in [-0.2, -0.15) is 0 Å². The quantitative estimate of drug-likeness (QED) is 0.867. The van der Waals surface area contributed by atoms with E-state index in [0.29, 0.717) is 18.4 Å². The van der Waals surface area contributed by atoms with Crippen LogP contribution in [0.1, 0.15) is 24.8 Å². The first-order chi connectivity index (χ1) is 9.83. The maximum atomic E-state index is 12.3. The van der Waals surface area contributed by atoms with Crippen LogP contribution in [0.25, 0.3) is 0 Å². The lowest BCUT2D eigenvalue weighted by Crippen LogP contribution is -2.17. The molecule has 2 unspecified atom stereocenters. The Kier molecular flexibility index (Phi) is 2.91. The fraction of sp³-hybridized carbons (Fsp3) is 0.562. The van der Waals surface area contributed by atoms with Gasteiger partial charge < -0.3 is 15.4 Å². The Morgan fingerprint density at radius 3 is 3.00 bits per heavy atom. The lowest BCUT2D eigenvalue weighted by molar-refractivity contribution is -0.118. The van der Waals surface area contributed by atoms with E-state index in [2.05, 4.69) is 10.6 Å². The van der Waals surface area contributed by atoms with Gasteiger partial charge in [-0.3, -0.25) is 4.79 Å². The summed E-state index contributed by atoms with van der Waals surface area (Å²) in [5.41, 5.74) is 2.02. The fourth-order valence-electron chi connectivity index (χ4n) is 3.83. The Hall–Kier alpha value is -1.55. The van der Waals surface area contributed by atoms with Crippen molar-refractivity contribution in [1.29, 1.82) is 0 Å². The van der Waals surface area contributed by atoms with Gasteiger partial charge in [0.1, 0.15) is 12.4 Å². The van der Waals surface area contributed by atoms with E-state index in [0.717, 1.165) is 30.1 Å². The van der Waals surface area contributed by atoms with Crippen molar-refractivity contribution in [3.63, 3.8) is 0 Å². The number of rotatable bonds is 2. The third kappa shape index (κ3) is 2.08. The minimum Gasteiger partial charge on any atom is -0.492 e. The molecule has 0 spiro atoms. The van der Waals surface area contributed by atoms with Crippen LogP contribution < -0.4 is 15.4 Å². The van der Waals surface area contributed by atoms with E-state index < -0.39 is 0 Å². The molecule has 4 nitrogen and oxygen atoms in total. The molecule has 1 heterocycles. The Labute approximate surface area is 118 Å². The highest BCUT2D eigenvalue weighted by atomic mass is 16.5. The molecule has 2 atom stereocenters. The summed E-state index contributed by atoms with van der Waals surface area (Å²) in [6.07, 6.45) is 3.79. The number of carbonyl (C=O) groups excluding carboxylic acids is 1. The Morgan fingerprint density at radius 1 is 1.30 bits per heavy atom. The van der Waals surface area contributed by atoms with Crippen LogP contribution in [0.4, 0.5) is 5.69 Å². The molecule has 0 saturated heterocycles. The van der Waals surface area contributed by atoms with Crippen molar-refractivity contribution in [2.45, 2.75) is 25.8 Å². The van der Waals surface area contributed by atoms with E-state index in [1.54, 1.807) is 0 Å². The summed E-state index contributed by atoms with van der Waals surface area (Å²) in [6.45, 7) is 2.36. The number of benzene rings is 1. The molecule has 20 heavy (non-hydrogen) atoms. The molecule has 1 aromatic rings. The number of fused-ring (bicyclic) bond motifs is 2. The molecule has 2 aliphatic carbocycles. The molecule has 0 aromatic heterocycles. The molecule has 1 aliphatic heterocycles. The normalized spacial score (nSPS) is 30.7. The lowest BCUT2D eigenvalue weighted by atomic mass is 10.1. The second-order valence-electron chi connectivity index (χ2n) is 6.12. The highest BCUT2D eigenvalue weighted by molar-refractivity contribution is 5.95. The Bertz CT molecular complexity index is 533. The van der Waals surface area contributed by atoms with Crippen molar-refractivity contribution in [2.24, 2.45) is 17.8 Å². The Balaban J connectivity index is 1.46. The van der Waals surface area contributed by atoms with Gasteiger partial charge in [0, 0.05) is 30.3 Å². The summed E-state index contributed by atoms with van der Waals surface area (Å²) in [4.78, 5) is 12.3. The molecule has 4 rings (SSSR count). The topological polar surface area (TPSA) is 50.4 Å². The first kappa shape index (κ1) is 12.2. The zero-order chi connectivity index (χ0) is 13.5. The smallest absolute Gasteiger partial charge is 0.228 e. The van der Waals surface area contributed by atoms with Crippen LogP contribution in [0.5, 0.6) is 5.75 Å². The van der Waals surface area contributed by atoms with E-state index in [4.69, 9.17) is 4.74 Å². The molecule has 106 valence electrons. The largest absolute Gasteiger partial charge is 0.492 e. The standard InChI is InChI=1S/C16H20N2O2/c19-16(15-12-2-1-3-13(12)15)18-11-4-5-14-10(8-11)9-17-6-7-20-14/h4-5,8,12-13,15,17H,1-3,6-7,9H2,(H,18,19). The van der Waals surface area contributed by atoms with Crippen molar-refractivity contribution >= 4 is 11.6 Å². The average Bonchev–Trinajstić information content (AvgIpc) is 3.04. The van der Waals surface area contributed by atoms with Gasteiger partial charge in [0.05, 0.1) is 0 Å². The zero-order valence-electron chi connectivity index (χ0n) is 11.5. The number of hydrogen-bond acceptors (Lipinski definition) is 3. The number of ether oxygens (including phenoxy) is 1. The SMILES string of the molecule is O=C(Nc1ccc2c(c1)CNCCO2)C1C2CCCC21. The molecule has 1 amide bonds. The second kappa shape index (κ2) is 4.77. The third-order valence-electron chi connectivity index (χ3n) is 4.89. The number of anilines is 1. The molecule has 3 aliphatic rings. The first-order valence-corrected chi connectivity index (χ1v) is 7.60. The van der Waals surface area contributed by atoms with Gasteiger partial charge in [-0.05, 0) is 42.9 Å². The van der Waals surface area contributed by atoms with Gasteiger partial charge >= 0.3 is 0 Å². The van der Waals surface area contributed by atoms with Crippen LogP contribution in [0.2, 0.25) is 0 Å². The van der Waals surface area contributed by atoms with Crippen LogP contribution in [-0.4, -0.2) is 19.1 Å². The molecular formula is C16H20N2O2. The average molecular weight is 272 g/mol. The molecule has 1 aromatic carbocycles. The number of carbonyl (C=O) groups is 1. The predicted octanol–water partition coefficient (Wildman–Crippen LogP) is 2.15. The van der Waals surface area contributed by atoms with Gasteiger partial charge in [-0.25, -0.2) is 0 Å².